The van der Waals surface area contributed by atoms with Gasteiger partial charge in [-0.2, -0.15) is 0 Å². The molecule has 0 radical (unpaired) electrons. The molecule has 0 bridgehead atoms. The van der Waals surface area contributed by atoms with E-state index in [0.717, 1.165) is 72.3 Å². The highest BCUT2D eigenvalue weighted by Gasteiger charge is 2.27. The van der Waals surface area contributed by atoms with Crippen LogP contribution in [-0.2, 0) is 9.59 Å². The van der Waals surface area contributed by atoms with Crippen molar-refractivity contribution in [3.05, 3.63) is 12.1 Å². The molecule has 0 unspecified atom stereocenters. The van der Waals surface area contributed by atoms with Gasteiger partial charge in [-0.05, 0) is 37.8 Å². The van der Waals surface area contributed by atoms with E-state index in [-0.39, 0.29) is 11.8 Å². The van der Waals surface area contributed by atoms with Crippen LogP contribution >= 0.6 is 22.7 Å². The fourth-order valence-electron chi connectivity index (χ4n) is 4.57. The highest BCUT2D eigenvalue weighted by atomic mass is 32.1. The van der Waals surface area contributed by atoms with Crippen molar-refractivity contribution < 1.29 is 9.59 Å². The molecule has 2 amide bonds. The number of hydrogen-bond donors (Lipinski definition) is 0. The molecule has 10 heteroatoms. The summed E-state index contributed by atoms with van der Waals surface area (Å²) in [6, 6.07) is 4.07. The number of carbonyl (C=O) groups excluding carboxylic acids is 2. The van der Waals surface area contributed by atoms with Gasteiger partial charge in [-0.3, -0.25) is 9.59 Å². The van der Waals surface area contributed by atoms with E-state index in [4.69, 9.17) is 9.97 Å². The summed E-state index contributed by atoms with van der Waals surface area (Å²) in [4.78, 5) is 34.5. The van der Waals surface area contributed by atoms with E-state index >= 15 is 0 Å². The van der Waals surface area contributed by atoms with Gasteiger partial charge in [0.25, 0.3) is 0 Å². The molecule has 8 nitrogen and oxygen atoms in total. The van der Waals surface area contributed by atoms with Gasteiger partial charge >= 0.3 is 0 Å². The third-order valence-electron chi connectivity index (χ3n) is 6.06. The van der Waals surface area contributed by atoms with Crippen molar-refractivity contribution in [2.45, 2.75) is 52.4 Å². The maximum Gasteiger partial charge on any atom is 0.240 e. The Kier molecular flexibility index (Phi) is 6.11. The van der Waals surface area contributed by atoms with Crippen molar-refractivity contribution in [3.8, 4) is 0 Å². The zero-order valence-corrected chi connectivity index (χ0v) is 20.2. The molecule has 2 saturated heterocycles. The second-order valence-electron chi connectivity index (χ2n) is 8.47. The molecule has 3 aromatic rings. The number of aromatic nitrogens is 2. The van der Waals surface area contributed by atoms with Crippen molar-refractivity contribution in [1.82, 2.24) is 20.0 Å². The van der Waals surface area contributed by atoms with Gasteiger partial charge in [0.05, 0.1) is 20.4 Å². The van der Waals surface area contributed by atoms with E-state index in [9.17, 15) is 9.59 Å². The maximum atomic E-state index is 12.4. The Morgan fingerprint density at radius 2 is 1.12 bits per heavy atom. The van der Waals surface area contributed by atoms with E-state index in [2.05, 4.69) is 16.1 Å². The van der Waals surface area contributed by atoms with Gasteiger partial charge in [-0.25, -0.2) is 30.0 Å². The number of fused-ring (bicyclic) bond motifs is 2. The highest BCUT2D eigenvalue weighted by Crippen LogP contribution is 2.37. The molecule has 32 heavy (non-hydrogen) atoms. The summed E-state index contributed by atoms with van der Waals surface area (Å²) >= 11 is 3.07. The zero-order valence-electron chi connectivity index (χ0n) is 18.5. The Balaban J connectivity index is 1.49. The lowest BCUT2D eigenvalue weighted by atomic mass is 10.2. The lowest BCUT2D eigenvalue weighted by Gasteiger charge is -2.34. The molecule has 0 N–H and O–H groups in total. The number of rotatable bonds is 4. The third-order valence-corrected chi connectivity index (χ3v) is 8.05. The predicted molar refractivity (Wildman–Crippen MR) is 130 cm³/mol. The van der Waals surface area contributed by atoms with Gasteiger partial charge in [0.2, 0.25) is 22.1 Å². The van der Waals surface area contributed by atoms with Crippen LogP contribution < -0.4 is 10.0 Å². The van der Waals surface area contributed by atoms with Crippen molar-refractivity contribution >= 4 is 65.2 Å². The van der Waals surface area contributed by atoms with Crippen LogP contribution in [0.15, 0.2) is 12.1 Å². The number of anilines is 2. The lowest BCUT2D eigenvalue weighted by Crippen LogP contribution is -2.48. The molecule has 0 spiro atoms. The minimum atomic E-state index is -0.00758. The first-order valence-electron chi connectivity index (χ1n) is 11.3. The first kappa shape index (κ1) is 21.7. The number of hydrogen-bond acceptors (Lipinski definition) is 8. The summed E-state index contributed by atoms with van der Waals surface area (Å²) < 4.78 is 2.05. The third kappa shape index (κ3) is 4.12. The first-order valence-corrected chi connectivity index (χ1v) is 13.0. The number of amides is 2. The van der Waals surface area contributed by atoms with Crippen LogP contribution in [0.4, 0.5) is 10.3 Å². The minimum absolute atomic E-state index is 0.00758. The summed E-state index contributed by atoms with van der Waals surface area (Å²) in [6.07, 6.45) is 6.81. The number of nitrogens with zero attached hydrogens (tertiary/aromatic N) is 6. The molecule has 5 rings (SSSR count). The summed E-state index contributed by atoms with van der Waals surface area (Å²) in [5.41, 5.74) is 1.68. The second-order valence-corrected chi connectivity index (χ2v) is 10.5. The number of piperidine rings is 2. The largest absolute Gasteiger partial charge is 0.273 e. The van der Waals surface area contributed by atoms with Crippen LogP contribution in [0.3, 0.4) is 0 Å². The van der Waals surface area contributed by atoms with Crippen LogP contribution in [0.5, 0.6) is 0 Å². The summed E-state index contributed by atoms with van der Waals surface area (Å²) in [5.74, 6) is -0.0152. The molecule has 0 saturated carbocycles. The predicted octanol–water partition coefficient (Wildman–Crippen LogP) is 4.41. The molecule has 170 valence electrons. The fraction of sp³-hybridized carbons (Fsp3) is 0.545. The van der Waals surface area contributed by atoms with Gasteiger partial charge in [-0.1, -0.05) is 35.5 Å². The molecular formula is C22H28N6O2S2. The van der Waals surface area contributed by atoms with Crippen LogP contribution in [0.1, 0.15) is 52.4 Å². The fourth-order valence-corrected chi connectivity index (χ4v) is 6.76. The zero-order chi connectivity index (χ0) is 22.2. The van der Waals surface area contributed by atoms with Crippen LogP contribution in [0.2, 0.25) is 0 Å². The Morgan fingerprint density at radius 3 is 1.50 bits per heavy atom. The number of hydrazine groups is 2. The van der Waals surface area contributed by atoms with E-state index < -0.39 is 0 Å². The molecule has 0 aliphatic carbocycles. The Morgan fingerprint density at radius 1 is 0.719 bits per heavy atom. The van der Waals surface area contributed by atoms with Gasteiger partial charge < -0.3 is 0 Å². The maximum absolute atomic E-state index is 12.4. The summed E-state index contributed by atoms with van der Waals surface area (Å²) in [7, 11) is 0. The molecule has 1 aromatic carbocycles. The van der Waals surface area contributed by atoms with Gasteiger partial charge in [0.1, 0.15) is 0 Å². The molecule has 2 fully saturated rings. The van der Waals surface area contributed by atoms with E-state index in [1.807, 2.05) is 6.07 Å². The normalized spacial score (nSPS) is 18.3. The van der Waals surface area contributed by atoms with Gasteiger partial charge in [-0.15, -0.1) is 0 Å². The smallest absolute Gasteiger partial charge is 0.240 e. The monoisotopic (exact) mass is 472 g/mol. The van der Waals surface area contributed by atoms with Crippen molar-refractivity contribution in [1.29, 1.82) is 0 Å². The molecule has 2 aliphatic heterocycles. The number of carbonyl (C=O) groups is 2. The van der Waals surface area contributed by atoms with Gasteiger partial charge in [0.15, 0.2) is 0 Å². The Hall–Kier alpha value is -2.14. The van der Waals surface area contributed by atoms with Crippen LogP contribution in [0.25, 0.3) is 20.4 Å². The number of benzene rings is 1. The molecular weight excluding hydrogens is 444 g/mol. The van der Waals surface area contributed by atoms with Crippen LogP contribution in [0, 0.1) is 0 Å². The number of thiazole rings is 2. The summed E-state index contributed by atoms with van der Waals surface area (Å²) in [5, 5.41) is 9.14. The minimum Gasteiger partial charge on any atom is -0.273 e. The van der Waals surface area contributed by atoms with Crippen molar-refractivity contribution in [3.63, 3.8) is 0 Å². The molecule has 4 heterocycles. The van der Waals surface area contributed by atoms with E-state index in [1.165, 1.54) is 35.5 Å². The SMILES string of the molecule is CC(=O)N(c1nc2cc3nc(N(C(C)=O)N4CCCCC4)sc3cc2s1)N1CCCCC1. The molecule has 0 atom stereocenters. The summed E-state index contributed by atoms with van der Waals surface area (Å²) in [6.45, 7) is 6.73. The first-order chi connectivity index (χ1) is 15.5. The Labute approximate surface area is 195 Å². The Bertz CT molecular complexity index is 1010. The molecule has 2 aromatic heterocycles. The van der Waals surface area contributed by atoms with Gasteiger partial charge in [0, 0.05) is 40.0 Å². The average Bonchev–Trinajstić information content (AvgIpc) is 3.35. The van der Waals surface area contributed by atoms with Crippen molar-refractivity contribution in [2.24, 2.45) is 0 Å². The lowest BCUT2D eigenvalue weighted by molar-refractivity contribution is -0.120. The van der Waals surface area contributed by atoms with Crippen LogP contribution in [-0.4, -0.2) is 58.0 Å². The van der Waals surface area contributed by atoms with Crippen molar-refractivity contribution in [2.75, 3.05) is 36.2 Å². The topological polar surface area (TPSA) is 72.9 Å². The molecule has 2 aliphatic rings. The van der Waals surface area contributed by atoms with E-state index in [0.29, 0.717) is 10.3 Å². The standard InChI is InChI=1S/C22H28N6O2S2/c1-15(29)27(25-9-5-3-6-10-25)21-23-17-13-18-20(14-19(17)31-21)32-22(24-18)28(16(2)30)26-11-7-4-8-12-26/h13-14H,3-12H2,1-2H3. The van der Waals surface area contributed by atoms with E-state index in [1.54, 1.807) is 23.9 Å². The average molecular weight is 473 g/mol. The highest BCUT2D eigenvalue weighted by molar-refractivity contribution is 7.24. The second kappa shape index (κ2) is 9.01. The quantitative estimate of drug-likeness (QED) is 0.560.